The molecular weight excluding hydrogens is 362 g/mol. The van der Waals surface area contributed by atoms with Gasteiger partial charge in [-0.3, -0.25) is 4.90 Å². The van der Waals surface area contributed by atoms with Crippen LogP contribution in [0.4, 0.5) is 0 Å². The largest absolute Gasteiger partial charge is 0.357 e. The molecule has 0 radical (unpaired) electrons. The summed E-state index contributed by atoms with van der Waals surface area (Å²) >= 11 is 0. The number of rotatable bonds is 5. The molecule has 0 bridgehead atoms. The zero-order valence-corrected chi connectivity index (χ0v) is 17.7. The number of benzene rings is 1. The monoisotopic (exact) mass is 395 g/mol. The predicted molar refractivity (Wildman–Crippen MR) is 115 cm³/mol. The fourth-order valence-electron chi connectivity index (χ4n) is 4.73. The Morgan fingerprint density at radius 2 is 2.07 bits per heavy atom. The summed E-state index contributed by atoms with van der Waals surface area (Å²) in [5.41, 5.74) is 1.43. The van der Waals surface area contributed by atoms with E-state index >= 15 is 0 Å². The van der Waals surface area contributed by atoms with E-state index in [-0.39, 0.29) is 0 Å². The molecule has 1 aromatic heterocycles. The predicted octanol–water partition coefficient (Wildman–Crippen LogP) is 2.27. The van der Waals surface area contributed by atoms with E-state index in [0.717, 1.165) is 38.0 Å². The van der Waals surface area contributed by atoms with Crippen LogP contribution in [0, 0.1) is 5.92 Å². The van der Waals surface area contributed by atoms with Crippen LogP contribution < -0.4 is 5.32 Å². The first-order valence-electron chi connectivity index (χ1n) is 10.9. The summed E-state index contributed by atoms with van der Waals surface area (Å²) in [6.07, 6.45) is 5.53. The van der Waals surface area contributed by atoms with Crippen molar-refractivity contribution in [3.05, 3.63) is 48.0 Å². The number of guanidine groups is 1. The molecule has 0 spiro atoms. The minimum Gasteiger partial charge on any atom is -0.357 e. The molecule has 2 aromatic rings. The average Bonchev–Trinajstić information content (AvgIpc) is 3.16. The first kappa shape index (κ1) is 19.9. The number of nitrogens with zero attached hydrogens (tertiary/aromatic N) is 6. The Morgan fingerprint density at radius 1 is 1.21 bits per heavy atom. The van der Waals surface area contributed by atoms with Crippen LogP contribution in [0.25, 0.3) is 0 Å². The van der Waals surface area contributed by atoms with Crippen molar-refractivity contribution >= 4 is 5.96 Å². The van der Waals surface area contributed by atoms with Crippen LogP contribution in [0.2, 0.25) is 0 Å². The molecule has 0 amide bonds. The zero-order chi connectivity index (χ0) is 20.1. The number of aliphatic imine (C=N–C) groups is 1. The molecule has 0 saturated carbocycles. The van der Waals surface area contributed by atoms with E-state index in [1.165, 1.54) is 31.4 Å². The smallest absolute Gasteiger partial charge is 0.194 e. The van der Waals surface area contributed by atoms with Gasteiger partial charge in [-0.1, -0.05) is 30.3 Å². The van der Waals surface area contributed by atoms with Crippen LogP contribution in [0.5, 0.6) is 0 Å². The highest BCUT2D eigenvalue weighted by atomic mass is 15.3. The second kappa shape index (κ2) is 9.39. The summed E-state index contributed by atoms with van der Waals surface area (Å²) in [5.74, 6) is 2.61. The summed E-state index contributed by atoms with van der Waals surface area (Å²) in [6.45, 7) is 8.00. The number of piperidine rings is 2. The Kier molecular flexibility index (Phi) is 6.44. The lowest BCUT2D eigenvalue weighted by molar-refractivity contribution is 0.0372. The van der Waals surface area contributed by atoms with Gasteiger partial charge in [-0.15, -0.1) is 10.2 Å². The number of fused-ring (bicyclic) bond motifs is 1. The van der Waals surface area contributed by atoms with Crippen LogP contribution in [-0.4, -0.2) is 62.7 Å². The van der Waals surface area contributed by atoms with E-state index < -0.39 is 0 Å². The van der Waals surface area contributed by atoms with Gasteiger partial charge in [0.25, 0.3) is 0 Å². The maximum absolute atomic E-state index is 4.86. The van der Waals surface area contributed by atoms with E-state index in [4.69, 9.17) is 4.99 Å². The Labute approximate surface area is 173 Å². The van der Waals surface area contributed by atoms with Gasteiger partial charge in [0.1, 0.15) is 12.9 Å². The van der Waals surface area contributed by atoms with Crippen molar-refractivity contribution in [3.63, 3.8) is 0 Å². The molecule has 2 unspecified atom stereocenters. The summed E-state index contributed by atoms with van der Waals surface area (Å²) in [4.78, 5) is 10.0. The van der Waals surface area contributed by atoms with E-state index in [0.29, 0.717) is 18.5 Å². The first-order valence-corrected chi connectivity index (χ1v) is 10.9. The van der Waals surface area contributed by atoms with Gasteiger partial charge in [-0.25, -0.2) is 4.99 Å². The molecule has 2 aliphatic rings. The Hall–Kier alpha value is -2.41. The lowest BCUT2D eigenvalue weighted by Crippen LogP contribution is -2.56. The molecule has 156 valence electrons. The third kappa shape index (κ3) is 4.78. The van der Waals surface area contributed by atoms with Crippen molar-refractivity contribution in [3.8, 4) is 0 Å². The van der Waals surface area contributed by atoms with Crippen LogP contribution in [0.15, 0.2) is 41.7 Å². The molecule has 7 nitrogen and oxygen atoms in total. The van der Waals surface area contributed by atoms with Gasteiger partial charge in [-0.2, -0.15) is 0 Å². The van der Waals surface area contributed by atoms with Gasteiger partial charge in [-0.05, 0) is 44.2 Å². The number of hydrogen-bond acceptors (Lipinski definition) is 4. The number of aryl methyl sites for hydroxylation is 1. The van der Waals surface area contributed by atoms with Gasteiger partial charge in [0, 0.05) is 39.3 Å². The topological polar surface area (TPSA) is 61.6 Å². The summed E-state index contributed by atoms with van der Waals surface area (Å²) in [6, 6.07) is 11.6. The molecule has 7 heteroatoms. The maximum atomic E-state index is 4.86. The molecule has 2 saturated heterocycles. The first-order chi connectivity index (χ1) is 14.2. The minimum atomic E-state index is 0.559. The summed E-state index contributed by atoms with van der Waals surface area (Å²) in [7, 11) is 1.96. The molecule has 1 aromatic carbocycles. The number of likely N-dealkylation sites (tertiary alicyclic amines) is 2. The van der Waals surface area contributed by atoms with Crippen molar-refractivity contribution < 1.29 is 0 Å². The van der Waals surface area contributed by atoms with Gasteiger partial charge in [0.2, 0.25) is 0 Å². The Bertz CT molecular complexity index is 801. The molecule has 1 N–H and O–H groups in total. The third-order valence-electron chi connectivity index (χ3n) is 6.22. The van der Waals surface area contributed by atoms with Gasteiger partial charge in [0.15, 0.2) is 11.8 Å². The summed E-state index contributed by atoms with van der Waals surface area (Å²) in [5, 5.41) is 11.6. The van der Waals surface area contributed by atoms with Crippen molar-refractivity contribution in [1.29, 1.82) is 0 Å². The zero-order valence-electron chi connectivity index (χ0n) is 17.7. The highest BCUT2D eigenvalue weighted by molar-refractivity contribution is 5.80. The second-order valence-electron chi connectivity index (χ2n) is 8.19. The molecule has 29 heavy (non-hydrogen) atoms. The van der Waals surface area contributed by atoms with Crippen molar-refractivity contribution in [1.82, 2.24) is 29.9 Å². The van der Waals surface area contributed by atoms with Crippen LogP contribution in [0.1, 0.15) is 37.6 Å². The van der Waals surface area contributed by atoms with E-state index in [2.05, 4.69) is 62.6 Å². The minimum absolute atomic E-state index is 0.559. The quantitative estimate of drug-likeness (QED) is 0.622. The molecular formula is C22H33N7. The van der Waals surface area contributed by atoms with E-state index in [9.17, 15) is 0 Å². The SMILES string of the molecule is CCNC(=NCc1nncn1C)N1CCC2C(CCCN2Cc2ccccc2)C1. The van der Waals surface area contributed by atoms with Crippen LogP contribution in [0.3, 0.4) is 0 Å². The fraction of sp³-hybridized carbons (Fsp3) is 0.591. The van der Waals surface area contributed by atoms with Gasteiger partial charge < -0.3 is 14.8 Å². The van der Waals surface area contributed by atoms with E-state index in [1.807, 2.05) is 11.6 Å². The van der Waals surface area contributed by atoms with Crippen molar-refractivity contribution in [2.24, 2.45) is 18.0 Å². The molecule has 0 aliphatic carbocycles. The number of aromatic nitrogens is 3. The van der Waals surface area contributed by atoms with Crippen LogP contribution >= 0.6 is 0 Å². The Morgan fingerprint density at radius 3 is 2.83 bits per heavy atom. The van der Waals surface area contributed by atoms with Crippen LogP contribution in [-0.2, 0) is 20.1 Å². The van der Waals surface area contributed by atoms with Gasteiger partial charge in [0.05, 0.1) is 0 Å². The molecule has 2 atom stereocenters. The Balaban J connectivity index is 1.41. The van der Waals surface area contributed by atoms with Crippen molar-refractivity contribution in [2.75, 3.05) is 26.2 Å². The van der Waals surface area contributed by atoms with E-state index in [1.54, 1.807) is 6.33 Å². The normalized spacial score (nSPS) is 23.1. The molecule has 3 heterocycles. The lowest BCUT2D eigenvalue weighted by Gasteiger charge is -2.48. The average molecular weight is 396 g/mol. The molecule has 2 fully saturated rings. The second-order valence-corrected chi connectivity index (χ2v) is 8.19. The highest BCUT2D eigenvalue weighted by Crippen LogP contribution is 2.31. The lowest BCUT2D eigenvalue weighted by atomic mass is 9.83. The maximum Gasteiger partial charge on any atom is 0.194 e. The van der Waals surface area contributed by atoms with Crippen molar-refractivity contribution in [2.45, 2.75) is 45.3 Å². The number of hydrogen-bond donors (Lipinski definition) is 1. The highest BCUT2D eigenvalue weighted by Gasteiger charge is 2.36. The molecule has 4 rings (SSSR count). The summed E-state index contributed by atoms with van der Waals surface area (Å²) < 4.78 is 1.93. The fourth-order valence-corrected chi connectivity index (χ4v) is 4.73. The van der Waals surface area contributed by atoms with Gasteiger partial charge >= 0.3 is 0 Å². The standard InChI is InChI=1S/C22H33N7/c1-3-23-22(24-14-21-26-25-17-27(21)2)29-13-11-20-19(16-29)10-7-12-28(20)15-18-8-5-4-6-9-18/h4-6,8-9,17,19-20H,3,7,10-16H2,1-2H3,(H,23,24). The molecule has 2 aliphatic heterocycles. The number of nitrogens with one attached hydrogen (secondary N) is 1. The third-order valence-corrected chi connectivity index (χ3v) is 6.22.